The number of carbonyl (C=O) groups excluding carboxylic acids is 1. The van der Waals surface area contributed by atoms with Gasteiger partial charge in [-0.1, -0.05) is 16.7 Å². The van der Waals surface area contributed by atoms with Crippen molar-refractivity contribution < 1.29 is 4.79 Å². The number of tetrazole rings is 1. The standard InChI is InChI=1S/C10H10ClN5O/c1-6(17)7-2-3-9(11)8(4-7)5-16-10(12)13-14-15-16/h2-4H,5H2,1H3,(H2,12,13,15). The number of Topliss-reactive ketones (excluding diaryl/α,β-unsaturated/α-hetero) is 1. The number of ketones is 1. The van der Waals surface area contributed by atoms with E-state index in [9.17, 15) is 4.79 Å². The topological polar surface area (TPSA) is 86.7 Å². The predicted molar refractivity (Wildman–Crippen MR) is 62.8 cm³/mol. The Morgan fingerprint density at radius 1 is 1.53 bits per heavy atom. The van der Waals surface area contributed by atoms with E-state index in [1.54, 1.807) is 18.2 Å². The molecule has 0 aliphatic heterocycles. The van der Waals surface area contributed by atoms with Gasteiger partial charge in [0.25, 0.3) is 0 Å². The fraction of sp³-hybridized carbons (Fsp3) is 0.200. The summed E-state index contributed by atoms with van der Waals surface area (Å²) < 4.78 is 1.41. The molecule has 1 aromatic heterocycles. The Bertz CT molecular complexity index is 566. The van der Waals surface area contributed by atoms with E-state index in [1.807, 2.05) is 0 Å². The Labute approximate surface area is 102 Å². The highest BCUT2D eigenvalue weighted by Crippen LogP contribution is 2.19. The number of rotatable bonds is 3. The molecule has 6 nitrogen and oxygen atoms in total. The number of hydrogen-bond donors (Lipinski definition) is 1. The molecule has 0 unspecified atom stereocenters. The van der Waals surface area contributed by atoms with Gasteiger partial charge >= 0.3 is 0 Å². The number of nitrogens with two attached hydrogens (primary N) is 1. The fourth-order valence-electron chi connectivity index (χ4n) is 1.40. The van der Waals surface area contributed by atoms with E-state index < -0.39 is 0 Å². The number of anilines is 1. The lowest BCUT2D eigenvalue weighted by Gasteiger charge is -2.06. The van der Waals surface area contributed by atoms with E-state index in [2.05, 4.69) is 15.5 Å². The van der Waals surface area contributed by atoms with Gasteiger partial charge in [-0.15, -0.1) is 0 Å². The summed E-state index contributed by atoms with van der Waals surface area (Å²) in [5.74, 6) is 0.182. The van der Waals surface area contributed by atoms with Gasteiger partial charge in [0.05, 0.1) is 6.54 Å². The number of nitrogen functional groups attached to an aromatic ring is 1. The molecule has 0 amide bonds. The fourth-order valence-corrected chi connectivity index (χ4v) is 1.58. The number of halogens is 1. The van der Waals surface area contributed by atoms with Gasteiger partial charge in [0, 0.05) is 10.6 Å². The second-order valence-electron chi connectivity index (χ2n) is 3.56. The molecule has 1 aromatic carbocycles. The van der Waals surface area contributed by atoms with Crippen molar-refractivity contribution in [1.82, 2.24) is 20.2 Å². The van der Waals surface area contributed by atoms with Crippen molar-refractivity contribution in [3.8, 4) is 0 Å². The molecule has 88 valence electrons. The first kappa shape index (κ1) is 11.5. The summed E-state index contributed by atoms with van der Waals surface area (Å²) in [6, 6.07) is 5.07. The van der Waals surface area contributed by atoms with E-state index in [0.717, 1.165) is 5.56 Å². The van der Waals surface area contributed by atoms with E-state index in [0.29, 0.717) is 17.1 Å². The molecule has 2 aromatic rings. The van der Waals surface area contributed by atoms with Crippen LogP contribution in [0.15, 0.2) is 18.2 Å². The maximum Gasteiger partial charge on any atom is 0.240 e. The second-order valence-corrected chi connectivity index (χ2v) is 3.96. The van der Waals surface area contributed by atoms with Crippen LogP contribution in [0.25, 0.3) is 0 Å². The van der Waals surface area contributed by atoms with Crippen molar-refractivity contribution in [2.75, 3.05) is 5.73 Å². The molecule has 0 radical (unpaired) electrons. The molecule has 0 saturated heterocycles. The van der Waals surface area contributed by atoms with Crippen molar-refractivity contribution in [1.29, 1.82) is 0 Å². The highest BCUT2D eigenvalue weighted by atomic mass is 35.5. The Kier molecular flexibility index (Phi) is 3.06. The van der Waals surface area contributed by atoms with Crippen LogP contribution in [0.4, 0.5) is 5.95 Å². The Hall–Kier alpha value is -1.95. The third-order valence-corrected chi connectivity index (χ3v) is 2.70. The summed E-state index contributed by atoms with van der Waals surface area (Å²) in [5, 5.41) is 11.3. The minimum Gasteiger partial charge on any atom is -0.367 e. The summed E-state index contributed by atoms with van der Waals surface area (Å²) in [4.78, 5) is 11.3. The van der Waals surface area contributed by atoms with Crippen LogP contribution in [0.5, 0.6) is 0 Å². The average Bonchev–Trinajstić information content (AvgIpc) is 2.67. The zero-order valence-electron chi connectivity index (χ0n) is 9.09. The summed E-state index contributed by atoms with van der Waals surface area (Å²) in [6.07, 6.45) is 0. The minimum atomic E-state index is -0.0207. The zero-order chi connectivity index (χ0) is 12.4. The molecule has 0 saturated carbocycles. The predicted octanol–water partition coefficient (Wildman–Crippen LogP) is 1.16. The third kappa shape index (κ3) is 2.42. The van der Waals surface area contributed by atoms with E-state index in [4.69, 9.17) is 17.3 Å². The first-order chi connectivity index (χ1) is 8.08. The van der Waals surface area contributed by atoms with Crippen LogP contribution in [-0.4, -0.2) is 26.0 Å². The molecular weight excluding hydrogens is 242 g/mol. The van der Waals surface area contributed by atoms with Crippen LogP contribution >= 0.6 is 11.6 Å². The molecule has 0 aliphatic rings. The minimum absolute atomic E-state index is 0.0207. The molecule has 0 fully saturated rings. The van der Waals surface area contributed by atoms with Crippen LogP contribution in [-0.2, 0) is 6.54 Å². The van der Waals surface area contributed by atoms with Crippen molar-refractivity contribution in [3.63, 3.8) is 0 Å². The Morgan fingerprint density at radius 3 is 2.88 bits per heavy atom. The normalized spacial score (nSPS) is 10.5. The number of benzene rings is 1. The summed E-state index contributed by atoms with van der Waals surface area (Å²) in [7, 11) is 0. The Morgan fingerprint density at radius 2 is 2.29 bits per heavy atom. The summed E-state index contributed by atoms with van der Waals surface area (Å²) in [5.41, 5.74) is 6.90. The maximum absolute atomic E-state index is 11.3. The molecule has 2 N–H and O–H groups in total. The second kappa shape index (κ2) is 4.50. The molecule has 2 rings (SSSR count). The smallest absolute Gasteiger partial charge is 0.240 e. The van der Waals surface area contributed by atoms with Crippen LogP contribution in [0.2, 0.25) is 5.02 Å². The lowest BCUT2D eigenvalue weighted by Crippen LogP contribution is -2.07. The van der Waals surface area contributed by atoms with Gasteiger partial charge in [0.1, 0.15) is 0 Å². The van der Waals surface area contributed by atoms with Crippen molar-refractivity contribution in [3.05, 3.63) is 34.3 Å². The zero-order valence-corrected chi connectivity index (χ0v) is 9.85. The number of nitrogens with zero attached hydrogens (tertiary/aromatic N) is 4. The van der Waals surface area contributed by atoms with Crippen LogP contribution in [0, 0.1) is 0 Å². The monoisotopic (exact) mass is 251 g/mol. The summed E-state index contributed by atoms with van der Waals surface area (Å²) in [6.45, 7) is 1.83. The van der Waals surface area contributed by atoms with Gasteiger partial charge in [-0.05, 0) is 41.1 Å². The first-order valence-electron chi connectivity index (χ1n) is 4.89. The largest absolute Gasteiger partial charge is 0.367 e. The van der Waals surface area contributed by atoms with Crippen LogP contribution in [0.1, 0.15) is 22.8 Å². The molecule has 0 atom stereocenters. The highest BCUT2D eigenvalue weighted by molar-refractivity contribution is 6.31. The molecule has 0 bridgehead atoms. The maximum atomic E-state index is 11.3. The highest BCUT2D eigenvalue weighted by Gasteiger charge is 2.08. The van der Waals surface area contributed by atoms with Crippen molar-refractivity contribution >= 4 is 23.3 Å². The first-order valence-corrected chi connectivity index (χ1v) is 5.26. The quantitative estimate of drug-likeness (QED) is 0.827. The molecule has 0 spiro atoms. The molecule has 0 aliphatic carbocycles. The van der Waals surface area contributed by atoms with Gasteiger partial charge in [-0.25, -0.2) is 4.68 Å². The molecule has 1 heterocycles. The molecular formula is C10H10ClN5O. The summed E-state index contributed by atoms with van der Waals surface area (Å²) >= 11 is 6.04. The van der Waals surface area contributed by atoms with Crippen molar-refractivity contribution in [2.24, 2.45) is 0 Å². The van der Waals surface area contributed by atoms with Gasteiger partial charge in [0.15, 0.2) is 5.78 Å². The van der Waals surface area contributed by atoms with E-state index >= 15 is 0 Å². The number of hydrogen-bond acceptors (Lipinski definition) is 5. The van der Waals surface area contributed by atoms with E-state index in [1.165, 1.54) is 11.6 Å². The molecule has 17 heavy (non-hydrogen) atoms. The van der Waals surface area contributed by atoms with Gasteiger partial charge in [0.2, 0.25) is 5.95 Å². The van der Waals surface area contributed by atoms with E-state index in [-0.39, 0.29) is 11.7 Å². The van der Waals surface area contributed by atoms with Crippen molar-refractivity contribution in [2.45, 2.75) is 13.5 Å². The van der Waals surface area contributed by atoms with Gasteiger partial charge < -0.3 is 5.73 Å². The third-order valence-electron chi connectivity index (χ3n) is 2.33. The Balaban J connectivity index is 2.35. The number of carbonyl (C=O) groups is 1. The SMILES string of the molecule is CC(=O)c1ccc(Cl)c(Cn2nnnc2N)c1. The number of aromatic nitrogens is 4. The van der Waals surface area contributed by atoms with Crippen LogP contribution < -0.4 is 5.73 Å². The van der Waals surface area contributed by atoms with Gasteiger partial charge in [-0.3, -0.25) is 4.79 Å². The lowest BCUT2D eigenvalue weighted by molar-refractivity contribution is 0.101. The lowest BCUT2D eigenvalue weighted by atomic mass is 10.1. The molecule has 7 heteroatoms. The average molecular weight is 252 g/mol. The van der Waals surface area contributed by atoms with Gasteiger partial charge in [-0.2, -0.15) is 0 Å². The van der Waals surface area contributed by atoms with Crippen LogP contribution in [0.3, 0.4) is 0 Å².